The van der Waals surface area contributed by atoms with Gasteiger partial charge in [-0.15, -0.1) is 0 Å². The van der Waals surface area contributed by atoms with Crippen molar-refractivity contribution in [3.05, 3.63) is 54.4 Å². The number of benzene rings is 2. The molecule has 0 aliphatic carbocycles. The van der Waals surface area contributed by atoms with Crippen LogP contribution in [0, 0.1) is 6.42 Å². The number of ketones is 1. The molecule has 0 bridgehead atoms. The third-order valence-corrected chi connectivity index (χ3v) is 2.68. The number of Topliss-reactive ketones (excluding diaryl/α,β-unsaturated/α-hetero) is 1. The first kappa shape index (κ1) is 10.9. The van der Waals surface area contributed by atoms with E-state index in [2.05, 4.69) is 36.4 Å². The zero-order chi connectivity index (χ0) is 11.4. The molecule has 0 fully saturated rings. The summed E-state index contributed by atoms with van der Waals surface area (Å²) in [4.78, 5) is 10.9. The van der Waals surface area contributed by atoms with E-state index < -0.39 is 0 Å². The van der Waals surface area contributed by atoms with Gasteiger partial charge < -0.3 is 4.79 Å². The first-order chi connectivity index (χ1) is 7.77. The van der Waals surface area contributed by atoms with Gasteiger partial charge in [0.1, 0.15) is 5.78 Å². The van der Waals surface area contributed by atoms with Crippen LogP contribution in [0.1, 0.15) is 18.9 Å². The SMILES string of the molecule is CC(=O)C[CH]Cc1cccc2ccccc12. The summed E-state index contributed by atoms with van der Waals surface area (Å²) < 4.78 is 0. The standard InChI is InChI=1S/C15H15O/c1-12(16)6-4-8-14-10-5-9-13-7-2-3-11-15(13)14/h2-5,7,9-11H,6,8H2,1H3. The topological polar surface area (TPSA) is 17.1 Å². The lowest BCUT2D eigenvalue weighted by atomic mass is 10.00. The maximum Gasteiger partial charge on any atom is 0.130 e. The molecule has 1 heteroatoms. The van der Waals surface area contributed by atoms with Crippen LogP contribution in [0.3, 0.4) is 0 Å². The number of carbonyl (C=O) groups is 1. The molecule has 0 unspecified atom stereocenters. The highest BCUT2D eigenvalue weighted by molar-refractivity contribution is 5.85. The van der Waals surface area contributed by atoms with E-state index in [1.165, 1.54) is 16.3 Å². The van der Waals surface area contributed by atoms with Gasteiger partial charge in [0.25, 0.3) is 0 Å². The van der Waals surface area contributed by atoms with Crippen LogP contribution < -0.4 is 0 Å². The quantitative estimate of drug-likeness (QED) is 0.755. The van der Waals surface area contributed by atoms with Crippen LogP contribution in [0.2, 0.25) is 0 Å². The third-order valence-electron chi connectivity index (χ3n) is 2.68. The first-order valence-electron chi connectivity index (χ1n) is 5.55. The summed E-state index contributed by atoms with van der Waals surface area (Å²) in [6, 6.07) is 14.7. The van der Waals surface area contributed by atoms with Crippen molar-refractivity contribution in [2.45, 2.75) is 19.8 Å². The average Bonchev–Trinajstić information content (AvgIpc) is 2.29. The normalized spacial score (nSPS) is 10.6. The van der Waals surface area contributed by atoms with Gasteiger partial charge in [-0.1, -0.05) is 42.5 Å². The Morgan fingerprint density at radius 2 is 1.88 bits per heavy atom. The van der Waals surface area contributed by atoms with E-state index in [4.69, 9.17) is 0 Å². The van der Waals surface area contributed by atoms with Gasteiger partial charge >= 0.3 is 0 Å². The highest BCUT2D eigenvalue weighted by atomic mass is 16.1. The molecule has 0 spiro atoms. The van der Waals surface area contributed by atoms with Crippen molar-refractivity contribution in [3.63, 3.8) is 0 Å². The predicted molar refractivity (Wildman–Crippen MR) is 67.3 cm³/mol. The second-order valence-corrected chi connectivity index (χ2v) is 4.04. The Bertz CT molecular complexity index is 494. The summed E-state index contributed by atoms with van der Waals surface area (Å²) in [5, 5.41) is 2.54. The zero-order valence-electron chi connectivity index (χ0n) is 9.44. The molecule has 0 atom stereocenters. The minimum absolute atomic E-state index is 0.222. The lowest BCUT2D eigenvalue weighted by Crippen LogP contribution is -1.94. The average molecular weight is 211 g/mol. The monoisotopic (exact) mass is 211 g/mol. The van der Waals surface area contributed by atoms with Crippen LogP contribution in [0.4, 0.5) is 0 Å². The fourth-order valence-corrected chi connectivity index (χ4v) is 1.90. The molecule has 0 aliphatic rings. The van der Waals surface area contributed by atoms with Crippen molar-refractivity contribution >= 4 is 16.6 Å². The molecule has 0 aliphatic heterocycles. The molecule has 81 valence electrons. The minimum Gasteiger partial charge on any atom is -0.300 e. The van der Waals surface area contributed by atoms with Crippen LogP contribution in [-0.2, 0) is 11.2 Å². The van der Waals surface area contributed by atoms with Crippen LogP contribution in [0.5, 0.6) is 0 Å². The Labute approximate surface area is 96.1 Å². The van der Waals surface area contributed by atoms with Crippen LogP contribution in [0.25, 0.3) is 10.8 Å². The van der Waals surface area contributed by atoms with E-state index in [0.29, 0.717) is 6.42 Å². The molecule has 2 rings (SSSR count). The van der Waals surface area contributed by atoms with Crippen molar-refractivity contribution in [1.29, 1.82) is 0 Å². The minimum atomic E-state index is 0.222. The number of rotatable bonds is 4. The molecular formula is C15H15O. The molecule has 2 aromatic carbocycles. The lowest BCUT2D eigenvalue weighted by molar-refractivity contribution is -0.116. The Hall–Kier alpha value is -1.63. The fourth-order valence-electron chi connectivity index (χ4n) is 1.90. The zero-order valence-corrected chi connectivity index (χ0v) is 9.44. The van der Waals surface area contributed by atoms with Gasteiger partial charge in [-0.25, -0.2) is 0 Å². The highest BCUT2D eigenvalue weighted by Gasteiger charge is 2.01. The molecular weight excluding hydrogens is 196 g/mol. The van der Waals surface area contributed by atoms with E-state index in [0.717, 1.165) is 6.42 Å². The number of carbonyl (C=O) groups excluding carboxylic acids is 1. The van der Waals surface area contributed by atoms with E-state index in [-0.39, 0.29) is 5.78 Å². The smallest absolute Gasteiger partial charge is 0.130 e. The van der Waals surface area contributed by atoms with Crippen molar-refractivity contribution in [2.75, 3.05) is 0 Å². The Morgan fingerprint density at radius 1 is 1.12 bits per heavy atom. The summed E-state index contributed by atoms with van der Waals surface area (Å²) in [5.74, 6) is 0.222. The Kier molecular flexibility index (Phi) is 3.35. The van der Waals surface area contributed by atoms with Gasteiger partial charge in [-0.05, 0) is 36.1 Å². The molecule has 2 aromatic rings. The molecule has 1 radical (unpaired) electrons. The van der Waals surface area contributed by atoms with Gasteiger partial charge in [0.15, 0.2) is 0 Å². The molecule has 0 heterocycles. The maximum absolute atomic E-state index is 10.9. The van der Waals surface area contributed by atoms with E-state index >= 15 is 0 Å². The van der Waals surface area contributed by atoms with E-state index in [9.17, 15) is 4.79 Å². The van der Waals surface area contributed by atoms with Crippen LogP contribution in [0.15, 0.2) is 42.5 Å². The maximum atomic E-state index is 10.9. The molecule has 0 aromatic heterocycles. The Morgan fingerprint density at radius 3 is 2.69 bits per heavy atom. The van der Waals surface area contributed by atoms with E-state index in [1.54, 1.807) is 6.92 Å². The first-order valence-corrected chi connectivity index (χ1v) is 5.55. The third kappa shape index (κ3) is 2.48. The number of hydrogen-bond donors (Lipinski definition) is 0. The molecule has 0 N–H and O–H groups in total. The lowest BCUT2D eigenvalue weighted by Gasteiger charge is -2.05. The summed E-state index contributed by atoms with van der Waals surface area (Å²) in [5.41, 5.74) is 1.29. The molecule has 0 amide bonds. The molecule has 16 heavy (non-hydrogen) atoms. The van der Waals surface area contributed by atoms with Crippen LogP contribution in [-0.4, -0.2) is 5.78 Å². The number of hydrogen-bond acceptors (Lipinski definition) is 1. The second-order valence-electron chi connectivity index (χ2n) is 4.04. The van der Waals surface area contributed by atoms with Crippen LogP contribution >= 0.6 is 0 Å². The van der Waals surface area contributed by atoms with Gasteiger partial charge in [0.2, 0.25) is 0 Å². The van der Waals surface area contributed by atoms with Gasteiger partial charge in [0, 0.05) is 6.42 Å². The van der Waals surface area contributed by atoms with E-state index in [1.807, 2.05) is 12.5 Å². The van der Waals surface area contributed by atoms with Crippen molar-refractivity contribution in [1.82, 2.24) is 0 Å². The highest BCUT2D eigenvalue weighted by Crippen LogP contribution is 2.19. The largest absolute Gasteiger partial charge is 0.300 e. The van der Waals surface area contributed by atoms with Crippen molar-refractivity contribution in [2.24, 2.45) is 0 Å². The van der Waals surface area contributed by atoms with Crippen molar-refractivity contribution < 1.29 is 4.79 Å². The summed E-state index contributed by atoms with van der Waals surface area (Å²) in [6.45, 7) is 1.62. The molecule has 1 nitrogen and oxygen atoms in total. The summed E-state index contributed by atoms with van der Waals surface area (Å²) in [6.07, 6.45) is 3.47. The van der Waals surface area contributed by atoms with Crippen molar-refractivity contribution in [3.8, 4) is 0 Å². The summed E-state index contributed by atoms with van der Waals surface area (Å²) >= 11 is 0. The molecule has 0 saturated carbocycles. The van der Waals surface area contributed by atoms with Gasteiger partial charge in [-0.2, -0.15) is 0 Å². The molecule has 0 saturated heterocycles. The summed E-state index contributed by atoms with van der Waals surface area (Å²) in [7, 11) is 0. The van der Waals surface area contributed by atoms with Gasteiger partial charge in [-0.3, -0.25) is 0 Å². The second kappa shape index (κ2) is 4.93. The van der Waals surface area contributed by atoms with Gasteiger partial charge in [0.05, 0.1) is 0 Å². The fraction of sp³-hybridized carbons (Fsp3) is 0.200. The number of fused-ring (bicyclic) bond motifs is 1. The Balaban J connectivity index is 2.20. The predicted octanol–water partition coefficient (Wildman–Crippen LogP) is 3.57.